The number of epoxide rings is 1. The van der Waals surface area contributed by atoms with Crippen molar-refractivity contribution in [3.05, 3.63) is 12.7 Å². The topological polar surface area (TPSA) is 29.6 Å². The van der Waals surface area contributed by atoms with Gasteiger partial charge in [-0.25, -0.2) is 0 Å². The maximum atomic E-state index is 10.9. The third-order valence-corrected chi connectivity index (χ3v) is 9.51. The van der Waals surface area contributed by atoms with Gasteiger partial charge in [-0.1, -0.05) is 46.5 Å². The van der Waals surface area contributed by atoms with Crippen LogP contribution in [-0.4, -0.2) is 25.7 Å². The standard InChI is InChI=1S/C11H20O2Si/c1-7-11(8-12)9(13-11)14(5,6)10(2,3)4/h7-9H,1H2,2-6H3/t9-,11-/m1/s1. The van der Waals surface area contributed by atoms with Crippen molar-refractivity contribution < 1.29 is 9.53 Å². The number of hydrogen-bond acceptors (Lipinski definition) is 2. The Morgan fingerprint density at radius 1 is 1.43 bits per heavy atom. The molecule has 1 aliphatic heterocycles. The van der Waals surface area contributed by atoms with E-state index >= 15 is 0 Å². The summed E-state index contributed by atoms with van der Waals surface area (Å²) < 4.78 is 5.57. The number of aldehydes is 1. The quantitative estimate of drug-likeness (QED) is 0.311. The highest BCUT2D eigenvalue weighted by Gasteiger charge is 2.64. The van der Waals surface area contributed by atoms with Crippen LogP contribution in [0, 0.1) is 0 Å². The first-order valence-corrected chi connectivity index (χ1v) is 8.07. The fourth-order valence-corrected chi connectivity index (χ4v) is 4.17. The third-order valence-electron chi connectivity index (χ3n) is 3.77. The molecular weight excluding hydrogens is 192 g/mol. The van der Waals surface area contributed by atoms with Crippen molar-refractivity contribution in [2.24, 2.45) is 0 Å². The van der Waals surface area contributed by atoms with Crippen LogP contribution in [0.4, 0.5) is 0 Å². The number of carbonyl (C=O) groups excluding carboxylic acids is 1. The first-order chi connectivity index (χ1) is 6.21. The lowest BCUT2D eigenvalue weighted by Gasteiger charge is -2.35. The maximum absolute atomic E-state index is 10.9. The monoisotopic (exact) mass is 212 g/mol. The molecule has 0 saturated carbocycles. The smallest absolute Gasteiger partial charge is 0.164 e. The normalized spacial score (nSPS) is 32.5. The van der Waals surface area contributed by atoms with Crippen LogP contribution in [0.5, 0.6) is 0 Å². The van der Waals surface area contributed by atoms with Crippen LogP contribution in [0.3, 0.4) is 0 Å². The number of rotatable bonds is 3. The summed E-state index contributed by atoms with van der Waals surface area (Å²) >= 11 is 0. The number of hydrogen-bond donors (Lipinski definition) is 0. The Labute approximate surface area is 87.3 Å². The molecule has 1 saturated heterocycles. The Kier molecular flexibility index (Phi) is 2.53. The molecule has 0 aromatic carbocycles. The first-order valence-electron chi connectivity index (χ1n) is 4.99. The van der Waals surface area contributed by atoms with Crippen molar-refractivity contribution in [3.8, 4) is 0 Å². The van der Waals surface area contributed by atoms with Crippen molar-refractivity contribution in [1.29, 1.82) is 0 Å². The lowest BCUT2D eigenvalue weighted by atomic mass is 10.2. The second-order valence-corrected chi connectivity index (χ2v) is 11.1. The van der Waals surface area contributed by atoms with E-state index in [-0.39, 0.29) is 10.8 Å². The van der Waals surface area contributed by atoms with Crippen molar-refractivity contribution in [1.82, 2.24) is 0 Å². The molecule has 1 rings (SSSR count). The minimum absolute atomic E-state index is 0.102. The van der Waals surface area contributed by atoms with Gasteiger partial charge in [0.25, 0.3) is 0 Å². The fourth-order valence-electron chi connectivity index (χ4n) is 1.57. The molecule has 14 heavy (non-hydrogen) atoms. The fraction of sp³-hybridized carbons (Fsp3) is 0.727. The van der Waals surface area contributed by atoms with E-state index in [2.05, 4.69) is 40.4 Å². The van der Waals surface area contributed by atoms with Gasteiger partial charge in [-0.2, -0.15) is 0 Å². The van der Waals surface area contributed by atoms with Crippen molar-refractivity contribution in [2.45, 2.75) is 50.2 Å². The van der Waals surface area contributed by atoms with E-state index in [1.54, 1.807) is 6.08 Å². The van der Waals surface area contributed by atoms with Gasteiger partial charge in [-0.05, 0) is 5.04 Å². The molecule has 0 N–H and O–H groups in total. The van der Waals surface area contributed by atoms with Crippen molar-refractivity contribution in [2.75, 3.05) is 0 Å². The lowest BCUT2D eigenvalue weighted by molar-refractivity contribution is -0.110. The van der Waals surface area contributed by atoms with E-state index in [1.807, 2.05) is 0 Å². The van der Waals surface area contributed by atoms with Gasteiger partial charge in [-0.3, -0.25) is 4.79 Å². The van der Waals surface area contributed by atoms with Crippen LogP contribution in [0.15, 0.2) is 12.7 Å². The van der Waals surface area contributed by atoms with Gasteiger partial charge in [0.05, 0.1) is 13.8 Å². The first kappa shape index (κ1) is 11.7. The van der Waals surface area contributed by atoms with Crippen LogP contribution < -0.4 is 0 Å². The molecule has 0 bridgehead atoms. The van der Waals surface area contributed by atoms with Crippen LogP contribution in [0.2, 0.25) is 18.1 Å². The summed E-state index contributed by atoms with van der Waals surface area (Å²) in [6.45, 7) is 14.9. The summed E-state index contributed by atoms with van der Waals surface area (Å²) in [4.78, 5) is 10.9. The van der Waals surface area contributed by atoms with Crippen LogP contribution in [-0.2, 0) is 9.53 Å². The summed E-state index contributed by atoms with van der Waals surface area (Å²) in [5, 5.41) is 0.242. The molecule has 0 amide bonds. The zero-order valence-corrected chi connectivity index (χ0v) is 10.8. The van der Waals surface area contributed by atoms with Crippen LogP contribution in [0.25, 0.3) is 0 Å². The highest BCUT2D eigenvalue weighted by molar-refractivity contribution is 6.82. The van der Waals surface area contributed by atoms with Crippen LogP contribution in [0.1, 0.15) is 20.8 Å². The molecule has 2 nitrogen and oxygen atoms in total. The predicted octanol–water partition coefficient (Wildman–Crippen LogP) is 2.56. The maximum Gasteiger partial charge on any atom is 0.164 e. The molecule has 3 heteroatoms. The highest BCUT2D eigenvalue weighted by Crippen LogP contribution is 2.51. The van der Waals surface area contributed by atoms with Gasteiger partial charge < -0.3 is 4.74 Å². The van der Waals surface area contributed by atoms with Gasteiger partial charge in [0.1, 0.15) is 0 Å². The summed E-state index contributed by atoms with van der Waals surface area (Å²) in [5.74, 6) is 0. The molecule has 0 spiro atoms. The Hall–Kier alpha value is -0.413. The number of carbonyl (C=O) groups is 1. The summed E-state index contributed by atoms with van der Waals surface area (Å²) in [7, 11) is -1.57. The summed E-state index contributed by atoms with van der Waals surface area (Å²) in [6, 6.07) is 0. The molecule has 2 atom stereocenters. The average molecular weight is 212 g/mol. The Balaban J connectivity index is 2.90. The lowest BCUT2D eigenvalue weighted by Crippen LogP contribution is -2.46. The summed E-state index contributed by atoms with van der Waals surface area (Å²) in [6.07, 6.45) is 2.54. The minimum Gasteiger partial charge on any atom is -0.357 e. The number of ether oxygens (including phenoxy) is 1. The van der Waals surface area contributed by atoms with Crippen molar-refractivity contribution in [3.63, 3.8) is 0 Å². The third kappa shape index (κ3) is 1.48. The second-order valence-electron chi connectivity index (χ2n) is 5.65. The molecule has 0 unspecified atom stereocenters. The van der Waals surface area contributed by atoms with Crippen molar-refractivity contribution >= 4 is 14.4 Å². The highest BCUT2D eigenvalue weighted by atomic mass is 28.3. The van der Waals surface area contributed by atoms with Gasteiger partial charge in [-0.15, -0.1) is 0 Å². The van der Waals surface area contributed by atoms with E-state index in [0.29, 0.717) is 0 Å². The van der Waals surface area contributed by atoms with Gasteiger partial charge >= 0.3 is 0 Å². The SMILES string of the molecule is C=C[C@]1(C=O)O[C@@H]1[Si](C)(C)C(C)(C)C. The largest absolute Gasteiger partial charge is 0.357 e. The molecule has 1 fully saturated rings. The Morgan fingerprint density at radius 3 is 2.14 bits per heavy atom. The molecule has 0 aromatic heterocycles. The molecule has 1 heterocycles. The molecule has 80 valence electrons. The van der Waals surface area contributed by atoms with E-state index in [4.69, 9.17) is 4.74 Å². The van der Waals surface area contributed by atoms with Gasteiger partial charge in [0.2, 0.25) is 0 Å². The van der Waals surface area contributed by atoms with Gasteiger partial charge in [0, 0.05) is 0 Å². The second kappa shape index (κ2) is 3.04. The average Bonchev–Trinajstić information content (AvgIpc) is 2.78. The molecule has 0 aliphatic carbocycles. The van der Waals surface area contributed by atoms with E-state index in [9.17, 15) is 4.79 Å². The predicted molar refractivity (Wildman–Crippen MR) is 61.1 cm³/mol. The molecule has 0 aromatic rings. The molecule has 0 radical (unpaired) electrons. The minimum atomic E-state index is -1.57. The van der Waals surface area contributed by atoms with E-state index in [0.717, 1.165) is 6.29 Å². The van der Waals surface area contributed by atoms with Gasteiger partial charge in [0.15, 0.2) is 11.9 Å². The molecule has 1 aliphatic rings. The van der Waals surface area contributed by atoms with E-state index < -0.39 is 13.7 Å². The Bertz CT molecular complexity index is 255. The zero-order valence-electron chi connectivity index (χ0n) is 9.76. The Morgan fingerprint density at radius 2 is 1.93 bits per heavy atom. The zero-order chi connectivity index (χ0) is 11.2. The van der Waals surface area contributed by atoms with E-state index in [1.165, 1.54) is 0 Å². The summed E-state index contributed by atoms with van der Waals surface area (Å²) in [5.41, 5.74) is -0.562. The van der Waals surface area contributed by atoms with Crippen LogP contribution >= 0.6 is 0 Å². The molecular formula is C11H20O2Si.